The predicted molar refractivity (Wildman–Crippen MR) is 112 cm³/mol. The topological polar surface area (TPSA) is 60.9 Å². The van der Waals surface area contributed by atoms with E-state index < -0.39 is 0 Å². The molecule has 0 radical (unpaired) electrons. The number of benzene rings is 2. The van der Waals surface area contributed by atoms with E-state index >= 15 is 0 Å². The van der Waals surface area contributed by atoms with Crippen molar-refractivity contribution < 1.29 is 9.84 Å². The Bertz CT molecular complexity index is 915. The van der Waals surface area contributed by atoms with Crippen molar-refractivity contribution in [3.8, 4) is 11.6 Å². The molecule has 5 nitrogen and oxygen atoms in total. The molecule has 0 saturated heterocycles. The minimum absolute atomic E-state index is 0.0763. The van der Waals surface area contributed by atoms with Crippen LogP contribution < -0.4 is 4.74 Å². The van der Waals surface area contributed by atoms with Gasteiger partial charge in [0.05, 0.1) is 11.3 Å². The van der Waals surface area contributed by atoms with E-state index in [1.54, 1.807) is 18.3 Å². The van der Waals surface area contributed by atoms with Gasteiger partial charge in [-0.1, -0.05) is 25.4 Å². The molecule has 0 unspecified atom stereocenters. The normalized spacial score (nSPS) is 11.7. The van der Waals surface area contributed by atoms with E-state index in [1.807, 2.05) is 30.3 Å². The highest BCUT2D eigenvalue weighted by molar-refractivity contribution is 6.31. The number of fused-ring (bicyclic) bond motifs is 1. The molecule has 0 fully saturated rings. The molecule has 3 rings (SSSR count). The Labute approximate surface area is 164 Å². The molecular formula is C21H24ClN3O2. The standard InChI is InChI=1S/C21H24ClN3O2/c1-3-25(4-2)11-12-27-17-8-6-16(7-9-17)23-14-19-18-13-15(22)5-10-20(18)24-21(19)26/h5-10,13-14,24,26H,3-4,11-12H2,1-2H3. The summed E-state index contributed by atoms with van der Waals surface area (Å²) in [6.07, 6.45) is 1.64. The summed E-state index contributed by atoms with van der Waals surface area (Å²) in [5.74, 6) is 0.898. The van der Waals surface area contributed by atoms with E-state index in [9.17, 15) is 5.11 Å². The van der Waals surface area contributed by atoms with Crippen molar-refractivity contribution in [3.63, 3.8) is 0 Å². The smallest absolute Gasteiger partial charge is 0.198 e. The highest BCUT2D eigenvalue weighted by Crippen LogP contribution is 2.28. The van der Waals surface area contributed by atoms with E-state index in [0.29, 0.717) is 17.2 Å². The molecule has 3 aromatic rings. The molecule has 142 valence electrons. The fraction of sp³-hybridized carbons (Fsp3) is 0.286. The van der Waals surface area contributed by atoms with Gasteiger partial charge in [0.1, 0.15) is 12.4 Å². The number of aromatic nitrogens is 1. The second-order valence-corrected chi connectivity index (χ2v) is 6.64. The van der Waals surface area contributed by atoms with Crippen LogP contribution in [0.1, 0.15) is 19.4 Å². The van der Waals surface area contributed by atoms with Crippen molar-refractivity contribution in [2.24, 2.45) is 4.99 Å². The third kappa shape index (κ3) is 4.81. The van der Waals surface area contributed by atoms with Gasteiger partial charge in [0, 0.05) is 28.7 Å². The van der Waals surface area contributed by atoms with Crippen molar-refractivity contribution in [1.82, 2.24) is 9.88 Å². The van der Waals surface area contributed by atoms with Crippen LogP contribution in [0.15, 0.2) is 47.5 Å². The number of aliphatic imine (C=N–C) groups is 1. The molecule has 0 bridgehead atoms. The van der Waals surface area contributed by atoms with Crippen LogP contribution in [0.2, 0.25) is 5.02 Å². The number of hydrogen-bond acceptors (Lipinski definition) is 4. The van der Waals surface area contributed by atoms with Gasteiger partial charge in [0.15, 0.2) is 5.88 Å². The lowest BCUT2D eigenvalue weighted by Gasteiger charge is -2.17. The first-order valence-electron chi connectivity index (χ1n) is 9.10. The van der Waals surface area contributed by atoms with Crippen LogP contribution in [-0.2, 0) is 0 Å². The van der Waals surface area contributed by atoms with Crippen molar-refractivity contribution >= 4 is 34.4 Å². The van der Waals surface area contributed by atoms with Crippen LogP contribution in [0.25, 0.3) is 10.9 Å². The summed E-state index contributed by atoms with van der Waals surface area (Å²) in [4.78, 5) is 9.69. The predicted octanol–water partition coefficient (Wildman–Crippen LogP) is 5.00. The molecule has 2 N–H and O–H groups in total. The minimum atomic E-state index is 0.0763. The second kappa shape index (κ2) is 8.93. The number of ether oxygens (including phenoxy) is 1. The first kappa shape index (κ1) is 19.3. The van der Waals surface area contributed by atoms with Crippen molar-refractivity contribution in [2.45, 2.75) is 13.8 Å². The number of nitrogens with one attached hydrogen (secondary N) is 1. The Morgan fingerprint density at radius 2 is 1.89 bits per heavy atom. The lowest BCUT2D eigenvalue weighted by molar-refractivity contribution is 0.223. The molecule has 1 aromatic heterocycles. The fourth-order valence-electron chi connectivity index (χ4n) is 2.90. The molecule has 6 heteroatoms. The lowest BCUT2D eigenvalue weighted by Crippen LogP contribution is -2.27. The number of aromatic hydroxyl groups is 1. The molecule has 0 aliphatic rings. The Balaban J connectivity index is 1.66. The fourth-order valence-corrected chi connectivity index (χ4v) is 3.07. The molecule has 0 amide bonds. The van der Waals surface area contributed by atoms with Crippen LogP contribution in [0.4, 0.5) is 5.69 Å². The molecule has 1 heterocycles. The number of halogens is 1. The molecular weight excluding hydrogens is 362 g/mol. The van der Waals surface area contributed by atoms with Gasteiger partial charge in [-0.15, -0.1) is 0 Å². The largest absolute Gasteiger partial charge is 0.494 e. The number of hydrogen-bond donors (Lipinski definition) is 2. The molecule has 27 heavy (non-hydrogen) atoms. The van der Waals surface area contributed by atoms with E-state index in [1.165, 1.54) is 0 Å². The SMILES string of the molecule is CCN(CC)CCOc1ccc(N=Cc2c(O)[nH]c3ccc(Cl)cc23)cc1. The van der Waals surface area contributed by atoms with E-state index in [-0.39, 0.29) is 5.88 Å². The molecule has 0 atom stereocenters. The number of likely N-dealkylation sites (N-methyl/N-ethyl adjacent to an activating group) is 1. The van der Waals surface area contributed by atoms with Crippen molar-refractivity contribution in [1.29, 1.82) is 0 Å². The third-order valence-corrected chi connectivity index (χ3v) is 4.77. The molecule has 2 aromatic carbocycles. The zero-order valence-electron chi connectivity index (χ0n) is 15.6. The summed E-state index contributed by atoms with van der Waals surface area (Å²) in [5.41, 5.74) is 2.21. The quantitative estimate of drug-likeness (QED) is 0.536. The maximum Gasteiger partial charge on any atom is 0.198 e. The van der Waals surface area contributed by atoms with Crippen LogP contribution in [0, 0.1) is 0 Å². The van der Waals surface area contributed by atoms with Gasteiger partial charge in [-0.3, -0.25) is 4.99 Å². The Hall–Kier alpha value is -2.50. The van der Waals surface area contributed by atoms with Gasteiger partial charge >= 0.3 is 0 Å². The molecule has 0 spiro atoms. The number of aromatic amines is 1. The first-order valence-corrected chi connectivity index (χ1v) is 9.48. The van der Waals surface area contributed by atoms with E-state index in [2.05, 4.69) is 28.7 Å². The second-order valence-electron chi connectivity index (χ2n) is 6.20. The minimum Gasteiger partial charge on any atom is -0.494 e. The number of rotatable bonds is 8. The van der Waals surface area contributed by atoms with E-state index in [0.717, 1.165) is 42.0 Å². The summed E-state index contributed by atoms with van der Waals surface area (Å²) in [5, 5.41) is 11.6. The molecule has 0 saturated carbocycles. The summed E-state index contributed by atoms with van der Waals surface area (Å²) in [6.45, 7) is 7.92. The lowest BCUT2D eigenvalue weighted by atomic mass is 10.2. The van der Waals surface area contributed by atoms with Crippen LogP contribution >= 0.6 is 11.6 Å². The van der Waals surface area contributed by atoms with Crippen molar-refractivity contribution in [2.75, 3.05) is 26.2 Å². The third-order valence-electron chi connectivity index (χ3n) is 4.53. The van der Waals surface area contributed by atoms with Crippen LogP contribution in [0.5, 0.6) is 11.6 Å². The van der Waals surface area contributed by atoms with Gasteiger partial charge in [-0.05, 0) is 55.6 Å². The maximum atomic E-state index is 10.1. The monoisotopic (exact) mass is 385 g/mol. The van der Waals surface area contributed by atoms with Gasteiger partial charge in [0.2, 0.25) is 0 Å². The van der Waals surface area contributed by atoms with E-state index in [4.69, 9.17) is 16.3 Å². The maximum absolute atomic E-state index is 10.1. The zero-order valence-corrected chi connectivity index (χ0v) is 16.3. The number of H-pyrrole nitrogens is 1. The average Bonchev–Trinajstić information content (AvgIpc) is 2.99. The first-order chi connectivity index (χ1) is 13.1. The van der Waals surface area contributed by atoms with Crippen molar-refractivity contribution in [3.05, 3.63) is 53.1 Å². The Morgan fingerprint density at radius 1 is 1.15 bits per heavy atom. The van der Waals surface area contributed by atoms with Gasteiger partial charge in [-0.25, -0.2) is 0 Å². The van der Waals surface area contributed by atoms with Crippen LogP contribution in [-0.4, -0.2) is 47.4 Å². The highest BCUT2D eigenvalue weighted by Gasteiger charge is 2.09. The van der Waals surface area contributed by atoms with Crippen LogP contribution in [0.3, 0.4) is 0 Å². The Morgan fingerprint density at radius 3 is 2.59 bits per heavy atom. The van der Waals surface area contributed by atoms with Gasteiger partial charge < -0.3 is 19.7 Å². The number of nitrogens with zero attached hydrogens (tertiary/aromatic N) is 2. The highest BCUT2D eigenvalue weighted by atomic mass is 35.5. The summed E-state index contributed by atoms with van der Waals surface area (Å²) >= 11 is 6.06. The summed E-state index contributed by atoms with van der Waals surface area (Å²) in [7, 11) is 0. The average molecular weight is 386 g/mol. The summed E-state index contributed by atoms with van der Waals surface area (Å²) in [6, 6.07) is 13.0. The zero-order chi connectivity index (χ0) is 19.2. The molecule has 0 aliphatic carbocycles. The van der Waals surface area contributed by atoms with Gasteiger partial charge in [0.25, 0.3) is 0 Å². The summed E-state index contributed by atoms with van der Waals surface area (Å²) < 4.78 is 5.78. The Kier molecular flexibility index (Phi) is 6.37. The van der Waals surface area contributed by atoms with Gasteiger partial charge in [-0.2, -0.15) is 0 Å². The molecule has 0 aliphatic heterocycles.